The number of esters is 1. The normalized spacial score (nSPS) is 21.9. The lowest BCUT2D eigenvalue weighted by Crippen LogP contribution is -2.29. The highest BCUT2D eigenvalue weighted by molar-refractivity contribution is 6.42. The van der Waals surface area contributed by atoms with Crippen LogP contribution in [0.15, 0.2) is 71.5 Å². The van der Waals surface area contributed by atoms with Crippen molar-refractivity contribution in [3.63, 3.8) is 0 Å². The van der Waals surface area contributed by atoms with Crippen LogP contribution < -0.4 is 0 Å². The Kier molecular flexibility index (Phi) is 4.70. The lowest BCUT2D eigenvalue weighted by Gasteiger charge is -2.26. The molecule has 2 aromatic carbocycles. The molecule has 1 atom stereocenters. The van der Waals surface area contributed by atoms with Crippen molar-refractivity contribution in [2.24, 2.45) is 0 Å². The summed E-state index contributed by atoms with van der Waals surface area (Å²) in [5.74, 6) is -2.48. The van der Waals surface area contributed by atoms with Gasteiger partial charge < -0.3 is 14.7 Å². The van der Waals surface area contributed by atoms with E-state index in [2.05, 4.69) is 0 Å². The third-order valence-corrected chi connectivity index (χ3v) is 5.16. The predicted octanol–water partition coefficient (Wildman–Crippen LogP) is 4.08. The number of ether oxygens (including phenoxy) is 1. The molecule has 0 bridgehead atoms. The monoisotopic (exact) mass is 404 g/mol. The van der Waals surface area contributed by atoms with Gasteiger partial charge in [-0.1, -0.05) is 59.6 Å². The second kappa shape index (κ2) is 7.02. The van der Waals surface area contributed by atoms with Gasteiger partial charge in [0.2, 0.25) is 0 Å². The summed E-state index contributed by atoms with van der Waals surface area (Å²) in [6.45, 7) is 0.204. The standard InChI is InChI=1S/C20H14Cl2O5/c21-15-7-6-13(11-16(15)22)20(24)14(10-12-4-2-1-3-5-12)18(19(23)26-20)17-8-9-25-27-17/h1-8,11,24H,9-10H2. The molecule has 2 aromatic rings. The minimum Gasteiger partial charge on any atom is -0.421 e. The van der Waals surface area contributed by atoms with E-state index >= 15 is 0 Å². The first-order valence-electron chi connectivity index (χ1n) is 8.18. The Hall–Kier alpha value is -2.31. The van der Waals surface area contributed by atoms with Crippen LogP contribution in [0.5, 0.6) is 0 Å². The van der Waals surface area contributed by atoms with Crippen LogP contribution in [-0.4, -0.2) is 17.7 Å². The smallest absolute Gasteiger partial charge is 0.345 e. The lowest BCUT2D eigenvalue weighted by molar-refractivity contribution is -0.231. The molecular formula is C20H14Cl2O5. The van der Waals surface area contributed by atoms with Gasteiger partial charge in [-0.25, -0.2) is 4.79 Å². The van der Waals surface area contributed by atoms with Crippen molar-refractivity contribution in [2.75, 3.05) is 6.61 Å². The maximum atomic E-state index is 12.6. The number of benzene rings is 2. The number of aliphatic hydroxyl groups is 1. The summed E-state index contributed by atoms with van der Waals surface area (Å²) in [6, 6.07) is 14.0. The predicted molar refractivity (Wildman–Crippen MR) is 98.7 cm³/mol. The number of halogens is 2. The molecule has 0 saturated carbocycles. The average molecular weight is 405 g/mol. The first-order valence-corrected chi connectivity index (χ1v) is 8.93. The van der Waals surface area contributed by atoms with Gasteiger partial charge in [-0.3, -0.25) is 0 Å². The molecule has 7 heteroatoms. The molecule has 0 spiro atoms. The number of cyclic esters (lactones) is 1. The van der Waals surface area contributed by atoms with Crippen molar-refractivity contribution in [3.05, 3.63) is 92.7 Å². The molecule has 27 heavy (non-hydrogen) atoms. The van der Waals surface area contributed by atoms with Crippen molar-refractivity contribution in [1.29, 1.82) is 0 Å². The summed E-state index contributed by atoms with van der Waals surface area (Å²) in [5.41, 5.74) is 1.67. The van der Waals surface area contributed by atoms with Gasteiger partial charge in [0.1, 0.15) is 12.2 Å². The number of hydrogen-bond donors (Lipinski definition) is 1. The highest BCUT2D eigenvalue weighted by Gasteiger charge is 2.49. The van der Waals surface area contributed by atoms with E-state index in [4.69, 9.17) is 37.7 Å². The van der Waals surface area contributed by atoms with Gasteiger partial charge in [-0.15, -0.1) is 0 Å². The Bertz CT molecular complexity index is 968. The van der Waals surface area contributed by atoms with Crippen LogP contribution in [0.4, 0.5) is 0 Å². The highest BCUT2D eigenvalue weighted by atomic mass is 35.5. The molecule has 138 valence electrons. The average Bonchev–Trinajstić information content (AvgIpc) is 3.25. The molecule has 5 nitrogen and oxygen atoms in total. The van der Waals surface area contributed by atoms with Gasteiger partial charge in [0.25, 0.3) is 5.79 Å². The Morgan fingerprint density at radius 1 is 1.07 bits per heavy atom. The molecule has 0 aromatic heterocycles. The van der Waals surface area contributed by atoms with Gasteiger partial charge >= 0.3 is 5.97 Å². The number of carbonyl (C=O) groups excluding carboxylic acids is 1. The summed E-state index contributed by atoms with van der Waals surface area (Å²) in [4.78, 5) is 22.6. The van der Waals surface area contributed by atoms with E-state index in [-0.39, 0.29) is 29.4 Å². The molecule has 2 heterocycles. The summed E-state index contributed by atoms with van der Waals surface area (Å²) in [6.07, 6.45) is 1.88. The van der Waals surface area contributed by atoms with Crippen molar-refractivity contribution < 1.29 is 24.4 Å². The maximum Gasteiger partial charge on any atom is 0.345 e. The topological polar surface area (TPSA) is 65.0 Å². The zero-order valence-electron chi connectivity index (χ0n) is 13.9. The Morgan fingerprint density at radius 3 is 2.52 bits per heavy atom. The molecule has 1 unspecified atom stereocenters. The highest BCUT2D eigenvalue weighted by Crippen LogP contribution is 2.45. The fourth-order valence-electron chi connectivity index (χ4n) is 3.12. The molecule has 0 saturated heterocycles. The van der Waals surface area contributed by atoms with Gasteiger partial charge in [-0.2, -0.15) is 4.89 Å². The van der Waals surface area contributed by atoms with Gasteiger partial charge in [0, 0.05) is 17.6 Å². The summed E-state index contributed by atoms with van der Waals surface area (Å²) < 4.78 is 5.40. The van der Waals surface area contributed by atoms with Crippen LogP contribution in [0.2, 0.25) is 10.0 Å². The van der Waals surface area contributed by atoms with Gasteiger partial charge in [0.15, 0.2) is 5.76 Å². The van der Waals surface area contributed by atoms with E-state index in [9.17, 15) is 9.90 Å². The molecule has 0 radical (unpaired) electrons. The van der Waals surface area contributed by atoms with E-state index in [0.29, 0.717) is 16.2 Å². The van der Waals surface area contributed by atoms with Crippen molar-refractivity contribution in [3.8, 4) is 0 Å². The maximum absolute atomic E-state index is 12.6. The molecule has 1 N–H and O–H groups in total. The van der Waals surface area contributed by atoms with E-state index in [1.165, 1.54) is 12.1 Å². The lowest BCUT2D eigenvalue weighted by atomic mass is 9.89. The van der Waals surface area contributed by atoms with Crippen LogP contribution in [0.25, 0.3) is 0 Å². The van der Waals surface area contributed by atoms with Gasteiger partial charge in [0.05, 0.1) is 10.0 Å². The van der Waals surface area contributed by atoms with E-state index in [1.54, 1.807) is 12.1 Å². The second-order valence-corrected chi connectivity index (χ2v) is 6.93. The SMILES string of the molecule is O=C1OC(O)(c2ccc(Cl)c(Cl)c2)C(Cc2ccccc2)=C1C1=CCOO1. The van der Waals surface area contributed by atoms with E-state index < -0.39 is 11.8 Å². The van der Waals surface area contributed by atoms with Crippen LogP contribution in [0.3, 0.4) is 0 Å². The number of hydrogen-bond acceptors (Lipinski definition) is 5. The third-order valence-electron chi connectivity index (χ3n) is 4.42. The van der Waals surface area contributed by atoms with Crippen molar-refractivity contribution >= 4 is 29.2 Å². The van der Waals surface area contributed by atoms with E-state index in [0.717, 1.165) is 5.56 Å². The molecule has 0 fully saturated rings. The molecule has 0 amide bonds. The second-order valence-electron chi connectivity index (χ2n) is 6.11. The van der Waals surface area contributed by atoms with E-state index in [1.807, 2.05) is 30.3 Å². The zero-order valence-corrected chi connectivity index (χ0v) is 15.5. The van der Waals surface area contributed by atoms with Crippen LogP contribution >= 0.6 is 23.2 Å². The largest absolute Gasteiger partial charge is 0.421 e. The Morgan fingerprint density at radius 2 is 1.85 bits per heavy atom. The fraction of sp³-hybridized carbons (Fsp3) is 0.150. The molecular weight excluding hydrogens is 391 g/mol. The number of carbonyl (C=O) groups is 1. The Balaban J connectivity index is 1.87. The minimum absolute atomic E-state index is 0.143. The minimum atomic E-state index is -2.00. The summed E-state index contributed by atoms with van der Waals surface area (Å²) in [7, 11) is 0. The molecule has 0 aliphatic carbocycles. The molecule has 2 aliphatic rings. The number of rotatable bonds is 4. The first-order chi connectivity index (χ1) is 13.0. The van der Waals surface area contributed by atoms with Crippen molar-refractivity contribution in [2.45, 2.75) is 12.2 Å². The first kappa shape index (κ1) is 18.1. The third kappa shape index (κ3) is 3.24. The van der Waals surface area contributed by atoms with Crippen LogP contribution in [-0.2, 0) is 31.5 Å². The van der Waals surface area contributed by atoms with Crippen molar-refractivity contribution in [1.82, 2.24) is 0 Å². The Labute approximate surface area is 165 Å². The fourth-order valence-corrected chi connectivity index (χ4v) is 3.42. The van der Waals surface area contributed by atoms with Crippen LogP contribution in [0.1, 0.15) is 11.1 Å². The summed E-state index contributed by atoms with van der Waals surface area (Å²) >= 11 is 12.1. The summed E-state index contributed by atoms with van der Waals surface area (Å²) in [5, 5.41) is 11.9. The molecule has 2 aliphatic heterocycles. The molecule has 4 rings (SSSR count). The zero-order chi connectivity index (χ0) is 19.0. The van der Waals surface area contributed by atoms with Gasteiger partial charge in [-0.05, 0) is 23.8 Å². The van der Waals surface area contributed by atoms with Crippen LogP contribution in [0, 0.1) is 0 Å². The quantitative estimate of drug-likeness (QED) is 0.614.